The molecular formula is C14H13Cl3N2O2. The first-order chi connectivity index (χ1) is 9.93. The van der Waals surface area contributed by atoms with Crippen molar-refractivity contribution in [2.75, 3.05) is 13.1 Å². The number of nitrogens with zero attached hydrogens (tertiary/aromatic N) is 2. The maximum atomic E-state index is 12.3. The third kappa shape index (κ3) is 3.51. The number of rotatable bonds is 4. The number of alkyl halides is 1. The normalized spacial score (nSPS) is 18.8. The number of amides is 1. The monoisotopic (exact) mass is 346 g/mol. The van der Waals surface area contributed by atoms with Gasteiger partial charge in [0.25, 0.3) is 5.91 Å². The molecule has 1 aliphatic heterocycles. The SMILES string of the molecule is CCN1C=C(Cl)C(Cl)C(=O)N1CC(=O)c1ccc(Cl)cc1. The first-order valence-corrected chi connectivity index (χ1v) is 7.51. The van der Waals surface area contributed by atoms with Gasteiger partial charge in [0, 0.05) is 23.3 Å². The zero-order valence-electron chi connectivity index (χ0n) is 11.2. The van der Waals surface area contributed by atoms with Crippen molar-refractivity contribution in [3.8, 4) is 0 Å². The number of carbonyl (C=O) groups excluding carboxylic acids is 2. The third-order valence-corrected chi connectivity index (χ3v) is 4.18. The molecule has 0 bridgehead atoms. The highest BCUT2D eigenvalue weighted by Gasteiger charge is 2.34. The molecule has 7 heteroatoms. The van der Waals surface area contributed by atoms with E-state index in [0.717, 1.165) is 0 Å². The number of hydrogen-bond acceptors (Lipinski definition) is 3. The summed E-state index contributed by atoms with van der Waals surface area (Å²) < 4.78 is 0. The molecule has 0 saturated heterocycles. The molecular weight excluding hydrogens is 335 g/mol. The van der Waals surface area contributed by atoms with Gasteiger partial charge in [0.2, 0.25) is 0 Å². The Morgan fingerprint density at radius 3 is 2.43 bits per heavy atom. The van der Waals surface area contributed by atoms with Gasteiger partial charge in [-0.25, -0.2) is 5.01 Å². The fraction of sp³-hybridized carbons (Fsp3) is 0.286. The topological polar surface area (TPSA) is 40.6 Å². The largest absolute Gasteiger partial charge is 0.292 e. The van der Waals surface area contributed by atoms with Crippen LogP contribution in [-0.4, -0.2) is 40.2 Å². The van der Waals surface area contributed by atoms with E-state index in [9.17, 15) is 9.59 Å². The molecule has 4 nitrogen and oxygen atoms in total. The predicted octanol–water partition coefficient (Wildman–Crippen LogP) is 3.29. The van der Waals surface area contributed by atoms with E-state index < -0.39 is 11.3 Å². The Morgan fingerprint density at radius 2 is 1.86 bits per heavy atom. The molecule has 112 valence electrons. The van der Waals surface area contributed by atoms with Gasteiger partial charge in [-0.2, -0.15) is 0 Å². The fourth-order valence-corrected chi connectivity index (χ4v) is 2.45. The summed E-state index contributed by atoms with van der Waals surface area (Å²) in [5.74, 6) is -0.609. The number of hydrogen-bond donors (Lipinski definition) is 0. The van der Waals surface area contributed by atoms with Crippen LogP contribution in [0.3, 0.4) is 0 Å². The standard InChI is InChI=1S/C14H13Cl3N2O2/c1-2-18-7-11(16)13(17)14(21)19(18)8-12(20)9-3-5-10(15)6-4-9/h3-7,13H,2,8H2,1H3. The minimum atomic E-state index is -0.951. The molecule has 0 spiro atoms. The molecule has 1 heterocycles. The summed E-state index contributed by atoms with van der Waals surface area (Å²) in [6.07, 6.45) is 1.57. The van der Waals surface area contributed by atoms with Crippen LogP contribution >= 0.6 is 34.8 Å². The number of Topliss-reactive ketones (excluding diaryl/α,β-unsaturated/α-hetero) is 1. The van der Waals surface area contributed by atoms with Crippen LogP contribution in [0.4, 0.5) is 0 Å². The first-order valence-electron chi connectivity index (χ1n) is 6.32. The predicted molar refractivity (Wildman–Crippen MR) is 83.5 cm³/mol. The van der Waals surface area contributed by atoms with Gasteiger partial charge in [-0.05, 0) is 31.2 Å². The first kappa shape index (κ1) is 16.1. The Morgan fingerprint density at radius 1 is 1.24 bits per heavy atom. The number of halogens is 3. The molecule has 1 aromatic carbocycles. The van der Waals surface area contributed by atoms with Crippen molar-refractivity contribution in [3.63, 3.8) is 0 Å². The summed E-state index contributed by atoms with van der Waals surface area (Å²) >= 11 is 17.6. The summed E-state index contributed by atoms with van der Waals surface area (Å²) in [6.45, 7) is 2.25. The van der Waals surface area contributed by atoms with Crippen LogP contribution in [0.15, 0.2) is 35.5 Å². The molecule has 0 aliphatic carbocycles. The van der Waals surface area contributed by atoms with Crippen LogP contribution in [0.1, 0.15) is 17.3 Å². The number of ketones is 1. The van der Waals surface area contributed by atoms with Crippen LogP contribution in [-0.2, 0) is 4.79 Å². The van der Waals surface area contributed by atoms with Gasteiger partial charge in [-0.1, -0.05) is 23.2 Å². The summed E-state index contributed by atoms with van der Waals surface area (Å²) in [5.41, 5.74) is 0.482. The number of benzene rings is 1. The highest BCUT2D eigenvalue weighted by Crippen LogP contribution is 2.24. The third-order valence-electron chi connectivity index (χ3n) is 3.08. The van der Waals surface area contributed by atoms with Gasteiger partial charge in [-0.3, -0.25) is 14.6 Å². The van der Waals surface area contributed by atoms with E-state index in [1.54, 1.807) is 35.5 Å². The molecule has 1 atom stereocenters. The van der Waals surface area contributed by atoms with Crippen LogP contribution in [0.2, 0.25) is 5.02 Å². The molecule has 0 radical (unpaired) electrons. The van der Waals surface area contributed by atoms with E-state index in [1.165, 1.54) is 5.01 Å². The second-order valence-electron chi connectivity index (χ2n) is 4.46. The summed E-state index contributed by atoms with van der Waals surface area (Å²) in [7, 11) is 0. The average molecular weight is 348 g/mol. The Bertz CT molecular complexity index is 586. The molecule has 1 amide bonds. The van der Waals surface area contributed by atoms with Crippen LogP contribution in [0.5, 0.6) is 0 Å². The van der Waals surface area contributed by atoms with Crippen molar-refractivity contribution in [2.45, 2.75) is 12.3 Å². The summed E-state index contributed by atoms with van der Waals surface area (Å²) in [6, 6.07) is 6.50. The molecule has 0 aromatic heterocycles. The minimum Gasteiger partial charge on any atom is -0.292 e. The number of carbonyl (C=O) groups is 2. The summed E-state index contributed by atoms with van der Waals surface area (Å²) in [5, 5.41) is 2.73. The highest BCUT2D eigenvalue weighted by atomic mass is 35.5. The zero-order valence-corrected chi connectivity index (χ0v) is 13.5. The lowest BCUT2D eigenvalue weighted by atomic mass is 10.1. The van der Waals surface area contributed by atoms with Crippen molar-refractivity contribution in [2.24, 2.45) is 0 Å². The fourth-order valence-electron chi connectivity index (χ4n) is 1.95. The lowest BCUT2D eigenvalue weighted by molar-refractivity contribution is -0.143. The zero-order chi connectivity index (χ0) is 15.6. The maximum absolute atomic E-state index is 12.3. The maximum Gasteiger partial charge on any atom is 0.265 e. The van der Waals surface area contributed by atoms with Gasteiger partial charge in [0.15, 0.2) is 11.2 Å². The van der Waals surface area contributed by atoms with E-state index in [1.807, 2.05) is 6.92 Å². The van der Waals surface area contributed by atoms with Crippen molar-refractivity contribution < 1.29 is 9.59 Å². The Kier molecular flexibility index (Phi) is 5.14. The molecule has 1 aliphatic rings. The lowest BCUT2D eigenvalue weighted by Crippen LogP contribution is -2.52. The molecule has 1 aromatic rings. The molecule has 21 heavy (non-hydrogen) atoms. The van der Waals surface area contributed by atoms with Crippen molar-refractivity contribution >= 4 is 46.5 Å². The van der Waals surface area contributed by atoms with E-state index in [4.69, 9.17) is 34.8 Å². The molecule has 0 fully saturated rings. The quantitative estimate of drug-likeness (QED) is 0.620. The Balaban J connectivity index is 2.19. The molecule has 0 N–H and O–H groups in total. The molecule has 1 unspecified atom stereocenters. The van der Waals surface area contributed by atoms with E-state index in [2.05, 4.69) is 0 Å². The number of hydrazine groups is 1. The Hall–Kier alpha value is -1.23. The van der Waals surface area contributed by atoms with E-state index in [0.29, 0.717) is 17.1 Å². The van der Waals surface area contributed by atoms with Gasteiger partial charge < -0.3 is 0 Å². The van der Waals surface area contributed by atoms with Crippen molar-refractivity contribution in [3.05, 3.63) is 46.1 Å². The highest BCUT2D eigenvalue weighted by molar-refractivity contribution is 6.43. The van der Waals surface area contributed by atoms with E-state index in [-0.39, 0.29) is 17.4 Å². The second kappa shape index (κ2) is 6.69. The molecule has 0 saturated carbocycles. The molecule has 2 rings (SSSR count). The van der Waals surface area contributed by atoms with Crippen LogP contribution in [0, 0.1) is 0 Å². The summed E-state index contributed by atoms with van der Waals surface area (Å²) in [4.78, 5) is 24.4. The average Bonchev–Trinajstić information content (AvgIpc) is 2.48. The van der Waals surface area contributed by atoms with Gasteiger partial charge in [-0.15, -0.1) is 11.6 Å². The van der Waals surface area contributed by atoms with E-state index >= 15 is 0 Å². The van der Waals surface area contributed by atoms with Gasteiger partial charge >= 0.3 is 0 Å². The van der Waals surface area contributed by atoms with Gasteiger partial charge in [0.05, 0.1) is 5.03 Å². The van der Waals surface area contributed by atoms with Crippen LogP contribution in [0.25, 0.3) is 0 Å². The Labute approximate surface area is 137 Å². The van der Waals surface area contributed by atoms with Gasteiger partial charge in [0.1, 0.15) is 6.54 Å². The van der Waals surface area contributed by atoms with Crippen molar-refractivity contribution in [1.29, 1.82) is 0 Å². The lowest BCUT2D eigenvalue weighted by Gasteiger charge is -2.37. The second-order valence-corrected chi connectivity index (χ2v) is 5.77. The smallest absolute Gasteiger partial charge is 0.265 e. The minimum absolute atomic E-state index is 0.0990. The van der Waals surface area contributed by atoms with Crippen LogP contribution < -0.4 is 0 Å². The van der Waals surface area contributed by atoms with Crippen molar-refractivity contribution in [1.82, 2.24) is 10.0 Å².